The van der Waals surface area contributed by atoms with Crippen molar-refractivity contribution in [3.05, 3.63) is 89.0 Å². The molecule has 8 heteroatoms. The number of aryl methyl sites for hydroxylation is 3. The second-order valence-corrected chi connectivity index (χ2v) is 9.75. The van der Waals surface area contributed by atoms with E-state index in [1.165, 1.54) is 13.3 Å². The topological polar surface area (TPSA) is 88.1 Å². The van der Waals surface area contributed by atoms with Crippen molar-refractivity contribution in [1.29, 1.82) is 0 Å². The molecular weight excluding hydrogens is 438 g/mol. The molecule has 0 saturated carbocycles. The zero-order valence-corrected chi connectivity index (χ0v) is 19.9. The summed E-state index contributed by atoms with van der Waals surface area (Å²) in [5, 5.41) is 3.94. The predicted molar refractivity (Wildman–Crippen MR) is 129 cm³/mol. The van der Waals surface area contributed by atoms with Crippen molar-refractivity contribution < 1.29 is 17.9 Å². The SMILES string of the molecule is Cc1cc(C)c(S(=O)(=O)N(C)CC(=O)N/N=C\c2cccc(Oc3ccccc3)c2)c(C)c1. The molecule has 0 aliphatic heterocycles. The van der Waals surface area contributed by atoms with E-state index in [2.05, 4.69) is 10.5 Å². The molecule has 3 aromatic rings. The minimum absolute atomic E-state index is 0.224. The van der Waals surface area contributed by atoms with Crippen LogP contribution in [0.2, 0.25) is 0 Å². The molecule has 33 heavy (non-hydrogen) atoms. The van der Waals surface area contributed by atoms with Gasteiger partial charge in [0.25, 0.3) is 5.91 Å². The van der Waals surface area contributed by atoms with Gasteiger partial charge in [-0.1, -0.05) is 48.0 Å². The third-order valence-corrected chi connectivity index (χ3v) is 6.99. The number of nitrogens with zero attached hydrogens (tertiary/aromatic N) is 2. The number of para-hydroxylation sites is 1. The first-order valence-corrected chi connectivity index (χ1v) is 11.8. The number of ether oxygens (including phenoxy) is 1. The Bertz CT molecular complexity index is 1250. The Morgan fingerprint density at radius 3 is 2.27 bits per heavy atom. The van der Waals surface area contributed by atoms with Crippen molar-refractivity contribution in [2.45, 2.75) is 25.7 Å². The molecule has 0 aliphatic carbocycles. The molecule has 0 heterocycles. The van der Waals surface area contributed by atoms with Crippen LogP contribution in [-0.2, 0) is 14.8 Å². The highest BCUT2D eigenvalue weighted by molar-refractivity contribution is 7.89. The number of rotatable bonds is 8. The van der Waals surface area contributed by atoms with Crippen LogP contribution in [0.5, 0.6) is 11.5 Å². The molecule has 172 valence electrons. The number of hydrazone groups is 1. The van der Waals surface area contributed by atoms with Crippen LogP contribution in [0.1, 0.15) is 22.3 Å². The fraction of sp³-hybridized carbons (Fsp3) is 0.200. The molecule has 0 bridgehead atoms. The van der Waals surface area contributed by atoms with Gasteiger partial charge < -0.3 is 4.74 Å². The van der Waals surface area contributed by atoms with E-state index in [9.17, 15) is 13.2 Å². The van der Waals surface area contributed by atoms with Crippen LogP contribution in [0.25, 0.3) is 0 Å². The highest BCUT2D eigenvalue weighted by Gasteiger charge is 2.26. The first kappa shape index (κ1) is 24.2. The number of hydrogen-bond acceptors (Lipinski definition) is 5. The third kappa shape index (κ3) is 6.27. The van der Waals surface area contributed by atoms with Crippen LogP contribution < -0.4 is 10.2 Å². The Kier molecular flexibility index (Phi) is 7.63. The van der Waals surface area contributed by atoms with Gasteiger partial charge in [0, 0.05) is 7.05 Å². The largest absolute Gasteiger partial charge is 0.457 e. The van der Waals surface area contributed by atoms with Gasteiger partial charge in [-0.25, -0.2) is 13.8 Å². The fourth-order valence-corrected chi connectivity index (χ4v) is 5.04. The molecule has 7 nitrogen and oxygen atoms in total. The first-order chi connectivity index (χ1) is 15.7. The number of amides is 1. The molecule has 0 spiro atoms. The minimum Gasteiger partial charge on any atom is -0.457 e. The number of likely N-dealkylation sites (N-methyl/N-ethyl adjacent to an activating group) is 1. The summed E-state index contributed by atoms with van der Waals surface area (Å²) in [6.07, 6.45) is 1.47. The Labute approximate surface area is 194 Å². The summed E-state index contributed by atoms with van der Waals surface area (Å²) in [5.41, 5.74) is 5.38. The van der Waals surface area contributed by atoms with E-state index in [0.29, 0.717) is 22.6 Å². The van der Waals surface area contributed by atoms with Gasteiger partial charge in [0.1, 0.15) is 11.5 Å². The van der Waals surface area contributed by atoms with Crippen molar-refractivity contribution in [1.82, 2.24) is 9.73 Å². The molecule has 1 amide bonds. The van der Waals surface area contributed by atoms with Gasteiger partial charge in [-0.3, -0.25) is 4.79 Å². The number of sulfonamides is 1. The number of nitrogens with one attached hydrogen (secondary N) is 1. The molecule has 0 saturated heterocycles. The number of carbonyl (C=O) groups is 1. The summed E-state index contributed by atoms with van der Waals surface area (Å²) in [5.74, 6) is 0.797. The Morgan fingerprint density at radius 2 is 1.61 bits per heavy atom. The lowest BCUT2D eigenvalue weighted by atomic mass is 10.1. The Hall–Kier alpha value is -3.49. The zero-order valence-electron chi connectivity index (χ0n) is 19.1. The lowest BCUT2D eigenvalue weighted by Crippen LogP contribution is -2.37. The van der Waals surface area contributed by atoms with Crippen LogP contribution in [0.15, 0.2) is 76.7 Å². The number of benzene rings is 3. The van der Waals surface area contributed by atoms with Gasteiger partial charge in [-0.2, -0.15) is 9.41 Å². The van der Waals surface area contributed by atoms with Crippen LogP contribution in [-0.4, -0.2) is 38.4 Å². The molecule has 1 N–H and O–H groups in total. The van der Waals surface area contributed by atoms with Crippen molar-refractivity contribution in [2.75, 3.05) is 13.6 Å². The van der Waals surface area contributed by atoms with E-state index in [4.69, 9.17) is 4.74 Å². The molecule has 0 unspecified atom stereocenters. The standard InChI is InChI=1S/C25H27N3O4S/c1-18-13-19(2)25(20(3)14-18)33(30,31)28(4)17-24(29)27-26-16-21-9-8-12-23(15-21)32-22-10-6-5-7-11-22/h5-16H,17H2,1-4H3,(H,27,29)/b26-16-. The number of hydrogen-bond donors (Lipinski definition) is 1. The van der Waals surface area contributed by atoms with Crippen molar-refractivity contribution >= 4 is 22.1 Å². The van der Waals surface area contributed by atoms with Crippen LogP contribution >= 0.6 is 0 Å². The van der Waals surface area contributed by atoms with Crippen molar-refractivity contribution in [3.63, 3.8) is 0 Å². The molecular formula is C25H27N3O4S. The molecule has 0 atom stereocenters. The van der Waals surface area contributed by atoms with E-state index in [1.807, 2.05) is 67.6 Å². The second-order valence-electron chi connectivity index (χ2n) is 7.77. The van der Waals surface area contributed by atoms with Crippen LogP contribution in [0.4, 0.5) is 0 Å². The highest BCUT2D eigenvalue weighted by Crippen LogP contribution is 2.24. The summed E-state index contributed by atoms with van der Waals surface area (Å²) in [6, 6.07) is 20.2. The van der Waals surface area contributed by atoms with Crippen molar-refractivity contribution in [2.24, 2.45) is 5.10 Å². The van der Waals surface area contributed by atoms with E-state index < -0.39 is 15.9 Å². The maximum atomic E-state index is 13.0. The maximum absolute atomic E-state index is 13.0. The summed E-state index contributed by atoms with van der Waals surface area (Å²) >= 11 is 0. The lowest BCUT2D eigenvalue weighted by Gasteiger charge is -2.19. The van der Waals surface area contributed by atoms with Gasteiger partial charge in [-0.15, -0.1) is 0 Å². The molecule has 0 aliphatic rings. The number of carbonyl (C=O) groups excluding carboxylic acids is 1. The quantitative estimate of drug-likeness (QED) is 0.399. The van der Waals surface area contributed by atoms with Gasteiger partial charge in [0.2, 0.25) is 10.0 Å². The summed E-state index contributed by atoms with van der Waals surface area (Å²) in [4.78, 5) is 12.5. The smallest absolute Gasteiger partial charge is 0.255 e. The van der Waals surface area contributed by atoms with E-state index in [0.717, 1.165) is 15.4 Å². The fourth-order valence-electron chi connectivity index (χ4n) is 3.51. The van der Waals surface area contributed by atoms with E-state index in [-0.39, 0.29) is 11.4 Å². The van der Waals surface area contributed by atoms with E-state index >= 15 is 0 Å². The lowest BCUT2D eigenvalue weighted by molar-refractivity contribution is -0.121. The summed E-state index contributed by atoms with van der Waals surface area (Å²) in [6.45, 7) is 5.06. The van der Waals surface area contributed by atoms with Gasteiger partial charge in [-0.05, 0) is 61.7 Å². The highest BCUT2D eigenvalue weighted by atomic mass is 32.2. The predicted octanol–water partition coefficient (Wildman–Crippen LogP) is 4.17. The van der Waals surface area contributed by atoms with Gasteiger partial charge >= 0.3 is 0 Å². The van der Waals surface area contributed by atoms with Crippen molar-refractivity contribution in [3.8, 4) is 11.5 Å². The first-order valence-electron chi connectivity index (χ1n) is 10.4. The maximum Gasteiger partial charge on any atom is 0.255 e. The Balaban J connectivity index is 1.62. The third-order valence-electron chi connectivity index (χ3n) is 4.88. The second kappa shape index (κ2) is 10.4. The summed E-state index contributed by atoms with van der Waals surface area (Å²) in [7, 11) is -2.44. The molecule has 0 fully saturated rings. The van der Waals surface area contributed by atoms with Gasteiger partial charge in [0.15, 0.2) is 0 Å². The van der Waals surface area contributed by atoms with Crippen LogP contribution in [0.3, 0.4) is 0 Å². The normalized spacial score (nSPS) is 11.7. The molecule has 3 aromatic carbocycles. The van der Waals surface area contributed by atoms with Crippen LogP contribution in [0, 0.1) is 20.8 Å². The molecule has 0 aromatic heterocycles. The average molecular weight is 466 g/mol. The summed E-state index contributed by atoms with van der Waals surface area (Å²) < 4.78 is 32.8. The average Bonchev–Trinajstić information content (AvgIpc) is 2.73. The molecule has 0 radical (unpaired) electrons. The Morgan fingerprint density at radius 1 is 0.970 bits per heavy atom. The monoisotopic (exact) mass is 465 g/mol. The minimum atomic E-state index is -3.82. The zero-order chi connectivity index (χ0) is 24.0. The molecule has 3 rings (SSSR count). The van der Waals surface area contributed by atoms with E-state index in [1.54, 1.807) is 19.9 Å². The van der Waals surface area contributed by atoms with Gasteiger partial charge in [0.05, 0.1) is 17.7 Å².